The van der Waals surface area contributed by atoms with Crippen molar-refractivity contribution in [3.8, 4) is 0 Å². The number of carboxylic acid groups (broad SMARTS) is 1. The highest BCUT2D eigenvalue weighted by molar-refractivity contribution is 5.87. The second kappa shape index (κ2) is 7.00. The van der Waals surface area contributed by atoms with Crippen LogP contribution in [0.2, 0.25) is 0 Å². The van der Waals surface area contributed by atoms with Crippen molar-refractivity contribution in [1.29, 1.82) is 0 Å². The monoisotopic (exact) mass is 342 g/mol. The minimum Gasteiger partial charge on any atom is -0.476 e. The third kappa shape index (κ3) is 6.37. The first-order valence-electron chi connectivity index (χ1n) is 7.19. The number of rotatable bonds is 4. The van der Waals surface area contributed by atoms with Crippen LogP contribution in [0.15, 0.2) is 6.20 Å². The van der Waals surface area contributed by atoms with Crippen LogP contribution in [0, 0.1) is 0 Å². The number of H-pyrrole nitrogens is 1. The van der Waals surface area contributed by atoms with E-state index in [-0.39, 0.29) is 11.5 Å². The summed E-state index contributed by atoms with van der Waals surface area (Å²) in [5.41, 5.74) is -1.91. The van der Waals surface area contributed by atoms with Crippen molar-refractivity contribution in [2.24, 2.45) is 0 Å². The average Bonchev–Trinajstić information content (AvgIpc) is 2.81. The van der Waals surface area contributed by atoms with E-state index in [1.54, 1.807) is 41.5 Å². The quantitative estimate of drug-likeness (QED) is 0.631. The number of carbonyl (C=O) groups excluding carboxylic acids is 2. The maximum Gasteiger partial charge on any atom is 0.516 e. The second-order valence-corrected chi connectivity index (χ2v) is 6.97. The Bertz CT molecular complexity index is 623. The lowest BCUT2D eigenvalue weighted by atomic mass is 10.2. The van der Waals surface area contributed by atoms with Crippen molar-refractivity contribution in [2.75, 3.05) is 0 Å². The molecule has 0 amide bonds. The second-order valence-electron chi connectivity index (χ2n) is 6.97. The van der Waals surface area contributed by atoms with E-state index in [1.165, 1.54) is 0 Å². The normalized spacial score (nSPS) is 13.2. The molecule has 0 radical (unpaired) electrons. The van der Waals surface area contributed by atoms with Gasteiger partial charge in [-0.15, -0.1) is 0 Å². The number of nitrogens with one attached hydrogen (secondary N) is 1. The van der Waals surface area contributed by atoms with Crippen LogP contribution in [0.3, 0.4) is 0 Å². The van der Waals surface area contributed by atoms with Crippen LogP contribution in [0.4, 0.5) is 4.79 Å². The van der Waals surface area contributed by atoms with Gasteiger partial charge < -0.3 is 24.3 Å². The molecule has 9 nitrogen and oxygen atoms in total. The van der Waals surface area contributed by atoms with E-state index in [0.29, 0.717) is 0 Å². The zero-order chi connectivity index (χ0) is 18.7. The summed E-state index contributed by atoms with van der Waals surface area (Å²) in [5, 5.41) is 8.91. The number of nitrogens with zero attached hydrogens (tertiary/aromatic N) is 1. The third-order valence-electron chi connectivity index (χ3n) is 2.32. The number of aromatic amines is 1. The zero-order valence-electron chi connectivity index (χ0n) is 14.5. The standard InChI is InChI=1S/C15H22N2O7/c1-14(2,3)23-9(10-16-7-8(17-10)11(18)19)12(20)22-13(21)24-15(4,5)6/h7,9H,1-6H3,(H,16,17)(H,18,19). The summed E-state index contributed by atoms with van der Waals surface area (Å²) in [6.45, 7) is 9.90. The lowest BCUT2D eigenvalue weighted by Crippen LogP contribution is -2.32. The first-order valence-corrected chi connectivity index (χ1v) is 7.19. The van der Waals surface area contributed by atoms with Crippen LogP contribution >= 0.6 is 0 Å². The van der Waals surface area contributed by atoms with Crippen LogP contribution < -0.4 is 0 Å². The summed E-state index contributed by atoms with van der Waals surface area (Å²) in [6, 6.07) is 0. The van der Waals surface area contributed by atoms with Crippen LogP contribution in [0.5, 0.6) is 0 Å². The molecule has 0 aliphatic rings. The smallest absolute Gasteiger partial charge is 0.476 e. The zero-order valence-corrected chi connectivity index (χ0v) is 14.5. The Morgan fingerprint density at radius 1 is 1.12 bits per heavy atom. The summed E-state index contributed by atoms with van der Waals surface area (Å²) in [4.78, 5) is 41.1. The van der Waals surface area contributed by atoms with Crippen molar-refractivity contribution in [1.82, 2.24) is 9.97 Å². The number of imidazole rings is 1. The predicted octanol–water partition coefficient (Wildman–Crippen LogP) is 2.44. The molecular formula is C15H22N2O7. The minimum atomic E-state index is -1.41. The fourth-order valence-electron chi connectivity index (χ4n) is 1.56. The molecule has 9 heteroatoms. The molecular weight excluding hydrogens is 320 g/mol. The largest absolute Gasteiger partial charge is 0.516 e. The van der Waals surface area contributed by atoms with Crippen molar-refractivity contribution in [3.63, 3.8) is 0 Å². The molecule has 1 aromatic heterocycles. The van der Waals surface area contributed by atoms with Crippen molar-refractivity contribution in [2.45, 2.75) is 58.8 Å². The summed E-state index contributed by atoms with van der Waals surface area (Å²) in [6.07, 6.45) is -1.48. The van der Waals surface area contributed by atoms with Gasteiger partial charge >= 0.3 is 18.1 Å². The van der Waals surface area contributed by atoms with Gasteiger partial charge in [0.2, 0.25) is 6.10 Å². The highest BCUT2D eigenvalue weighted by atomic mass is 16.8. The molecule has 0 aromatic carbocycles. The van der Waals surface area contributed by atoms with Gasteiger partial charge in [-0.25, -0.2) is 19.4 Å². The molecule has 0 aliphatic heterocycles. The van der Waals surface area contributed by atoms with Crippen molar-refractivity contribution < 1.29 is 33.7 Å². The van der Waals surface area contributed by atoms with Crippen LogP contribution in [-0.2, 0) is 19.0 Å². The number of esters is 1. The van der Waals surface area contributed by atoms with Crippen LogP contribution in [0.25, 0.3) is 0 Å². The Morgan fingerprint density at radius 2 is 1.71 bits per heavy atom. The fourth-order valence-corrected chi connectivity index (χ4v) is 1.56. The molecule has 0 bridgehead atoms. The maximum absolute atomic E-state index is 12.2. The first-order chi connectivity index (χ1) is 10.8. The molecule has 0 spiro atoms. The molecule has 1 unspecified atom stereocenters. The molecule has 134 valence electrons. The van der Waals surface area contributed by atoms with Gasteiger partial charge in [0.15, 0.2) is 5.69 Å². The topological polar surface area (TPSA) is 128 Å². The number of aromatic carboxylic acids is 1. The van der Waals surface area contributed by atoms with E-state index in [4.69, 9.17) is 14.6 Å². The summed E-state index contributed by atoms with van der Waals surface area (Å²) >= 11 is 0. The fraction of sp³-hybridized carbons (Fsp3) is 0.600. The molecule has 0 saturated carbocycles. The maximum atomic E-state index is 12.2. The number of carboxylic acids is 1. The van der Waals surface area contributed by atoms with E-state index < -0.39 is 35.4 Å². The van der Waals surface area contributed by atoms with Gasteiger partial charge in [0, 0.05) is 6.20 Å². The van der Waals surface area contributed by atoms with E-state index in [9.17, 15) is 14.4 Å². The predicted molar refractivity (Wildman–Crippen MR) is 81.5 cm³/mol. The van der Waals surface area contributed by atoms with Gasteiger partial charge in [0.1, 0.15) is 11.4 Å². The lowest BCUT2D eigenvalue weighted by Gasteiger charge is -2.25. The molecule has 1 rings (SSSR count). The molecule has 2 N–H and O–H groups in total. The van der Waals surface area contributed by atoms with Crippen LogP contribution in [-0.4, -0.2) is 44.4 Å². The number of hydrogen-bond donors (Lipinski definition) is 2. The van der Waals surface area contributed by atoms with Gasteiger partial charge in [-0.2, -0.15) is 0 Å². The Morgan fingerprint density at radius 3 is 2.12 bits per heavy atom. The van der Waals surface area contributed by atoms with Crippen molar-refractivity contribution >= 4 is 18.1 Å². The number of aromatic nitrogens is 2. The van der Waals surface area contributed by atoms with Gasteiger partial charge in [0.05, 0.1) is 5.60 Å². The Balaban J connectivity index is 2.98. The van der Waals surface area contributed by atoms with E-state index in [1.807, 2.05) is 0 Å². The average molecular weight is 342 g/mol. The molecule has 1 aromatic rings. The Kier molecular flexibility index (Phi) is 5.72. The highest BCUT2D eigenvalue weighted by Crippen LogP contribution is 2.24. The minimum absolute atomic E-state index is 0.0871. The van der Waals surface area contributed by atoms with Gasteiger partial charge in [0.25, 0.3) is 0 Å². The van der Waals surface area contributed by atoms with Gasteiger partial charge in [-0.05, 0) is 41.5 Å². The van der Waals surface area contributed by atoms with Gasteiger partial charge in [-0.3, -0.25) is 0 Å². The number of ether oxygens (including phenoxy) is 3. The molecule has 1 heterocycles. The van der Waals surface area contributed by atoms with E-state index >= 15 is 0 Å². The molecule has 1 atom stereocenters. The summed E-state index contributed by atoms with van der Waals surface area (Å²) in [5.74, 6) is -2.42. The Hall–Kier alpha value is -2.42. The summed E-state index contributed by atoms with van der Waals surface area (Å²) < 4.78 is 15.1. The van der Waals surface area contributed by atoms with Crippen molar-refractivity contribution in [3.05, 3.63) is 17.7 Å². The van der Waals surface area contributed by atoms with E-state index in [0.717, 1.165) is 6.20 Å². The molecule has 0 aliphatic carbocycles. The lowest BCUT2D eigenvalue weighted by molar-refractivity contribution is -0.165. The van der Waals surface area contributed by atoms with Gasteiger partial charge in [-0.1, -0.05) is 0 Å². The first kappa shape index (κ1) is 19.6. The number of carbonyl (C=O) groups is 3. The molecule has 0 saturated heterocycles. The summed E-state index contributed by atoms with van der Waals surface area (Å²) in [7, 11) is 0. The van der Waals surface area contributed by atoms with E-state index in [2.05, 4.69) is 14.7 Å². The SMILES string of the molecule is CC(C)(C)OC(=O)OC(=O)C(OC(C)(C)C)c1nc(C(=O)O)c[nH]1. The highest BCUT2D eigenvalue weighted by Gasteiger charge is 2.34. The third-order valence-corrected chi connectivity index (χ3v) is 2.32. The number of hydrogen-bond acceptors (Lipinski definition) is 7. The molecule has 24 heavy (non-hydrogen) atoms. The molecule has 0 fully saturated rings. The van der Waals surface area contributed by atoms with Crippen LogP contribution in [0.1, 0.15) is 64.0 Å². The Labute approximate surface area is 139 Å².